The number of carbonyl (C=O) groups excluding carboxylic acids is 1. The van der Waals surface area contributed by atoms with E-state index in [0.717, 1.165) is 19.4 Å². The van der Waals surface area contributed by atoms with Crippen molar-refractivity contribution in [3.8, 4) is 6.07 Å². The van der Waals surface area contributed by atoms with E-state index in [2.05, 4.69) is 4.98 Å². The lowest BCUT2D eigenvalue weighted by atomic mass is 10.2. The minimum absolute atomic E-state index is 0.0627. The average Bonchev–Trinajstić information content (AvgIpc) is 2.87. The van der Waals surface area contributed by atoms with Crippen LogP contribution in [0.1, 0.15) is 18.5 Å². The highest BCUT2D eigenvalue weighted by atomic mass is 35.5. The second-order valence-corrected chi connectivity index (χ2v) is 5.10. The zero-order valence-electron chi connectivity index (χ0n) is 10.9. The van der Waals surface area contributed by atoms with Crippen LogP contribution in [-0.4, -0.2) is 42.5 Å². The van der Waals surface area contributed by atoms with Crippen LogP contribution in [0.3, 0.4) is 0 Å². The van der Waals surface area contributed by atoms with E-state index >= 15 is 0 Å². The van der Waals surface area contributed by atoms with Crippen molar-refractivity contribution in [3.05, 3.63) is 22.8 Å². The highest BCUT2D eigenvalue weighted by Crippen LogP contribution is 2.26. The Kier molecular flexibility index (Phi) is 3.91. The molecule has 5 nitrogen and oxygen atoms in total. The van der Waals surface area contributed by atoms with E-state index in [1.54, 1.807) is 31.1 Å². The summed E-state index contributed by atoms with van der Waals surface area (Å²) in [5.41, 5.74) is 0.196. The van der Waals surface area contributed by atoms with Crippen LogP contribution >= 0.6 is 11.6 Å². The molecule has 0 aliphatic carbocycles. The number of nitriles is 1. The molecule has 19 heavy (non-hydrogen) atoms. The second-order valence-electron chi connectivity index (χ2n) is 4.70. The molecule has 2 rings (SSSR count). The van der Waals surface area contributed by atoms with E-state index in [0.29, 0.717) is 10.8 Å². The topological polar surface area (TPSA) is 60.2 Å². The monoisotopic (exact) mass is 278 g/mol. The zero-order valence-corrected chi connectivity index (χ0v) is 11.7. The minimum Gasteiger partial charge on any atom is -0.347 e. The van der Waals surface area contributed by atoms with E-state index < -0.39 is 0 Å². The summed E-state index contributed by atoms with van der Waals surface area (Å²) in [6.45, 7) is 0.768. The van der Waals surface area contributed by atoms with Crippen LogP contribution in [0, 0.1) is 11.3 Å². The molecule has 1 aromatic heterocycles. The third kappa shape index (κ3) is 2.64. The number of anilines is 1. The molecule has 0 spiro atoms. The predicted octanol–water partition coefficient (Wildman–Crippen LogP) is 1.66. The first-order valence-corrected chi connectivity index (χ1v) is 6.47. The van der Waals surface area contributed by atoms with E-state index in [1.165, 1.54) is 0 Å². The maximum absolute atomic E-state index is 12.1. The van der Waals surface area contributed by atoms with Gasteiger partial charge >= 0.3 is 0 Å². The Bertz CT molecular complexity index is 538. The number of carbonyl (C=O) groups is 1. The van der Waals surface area contributed by atoms with Gasteiger partial charge in [0.25, 0.3) is 0 Å². The van der Waals surface area contributed by atoms with Crippen molar-refractivity contribution in [3.63, 3.8) is 0 Å². The number of hydrogen-bond donors (Lipinski definition) is 0. The van der Waals surface area contributed by atoms with Gasteiger partial charge in [-0.3, -0.25) is 4.79 Å². The van der Waals surface area contributed by atoms with Gasteiger partial charge in [0.2, 0.25) is 5.91 Å². The predicted molar refractivity (Wildman–Crippen MR) is 73.0 cm³/mol. The lowest BCUT2D eigenvalue weighted by Gasteiger charge is -2.27. The molecule has 1 aliphatic rings. The summed E-state index contributed by atoms with van der Waals surface area (Å²) < 4.78 is 0. The fourth-order valence-electron chi connectivity index (χ4n) is 2.27. The van der Waals surface area contributed by atoms with Gasteiger partial charge in [0.15, 0.2) is 5.69 Å². The van der Waals surface area contributed by atoms with Gasteiger partial charge in [-0.05, 0) is 25.0 Å². The lowest BCUT2D eigenvalue weighted by Crippen LogP contribution is -2.43. The molecular formula is C13H15ClN4O. The summed E-state index contributed by atoms with van der Waals surface area (Å²) in [7, 11) is 3.49. The van der Waals surface area contributed by atoms with Crippen molar-refractivity contribution in [2.45, 2.75) is 18.9 Å². The largest absolute Gasteiger partial charge is 0.347 e. The van der Waals surface area contributed by atoms with Crippen LogP contribution in [0.25, 0.3) is 0 Å². The van der Waals surface area contributed by atoms with Gasteiger partial charge in [0, 0.05) is 20.6 Å². The molecule has 0 radical (unpaired) electrons. The van der Waals surface area contributed by atoms with Crippen molar-refractivity contribution in [2.75, 3.05) is 25.5 Å². The van der Waals surface area contributed by atoms with Crippen LogP contribution in [0.2, 0.25) is 5.02 Å². The second kappa shape index (κ2) is 5.45. The van der Waals surface area contributed by atoms with Crippen LogP contribution in [-0.2, 0) is 4.79 Å². The molecule has 1 saturated heterocycles. The van der Waals surface area contributed by atoms with E-state index in [9.17, 15) is 4.79 Å². The summed E-state index contributed by atoms with van der Waals surface area (Å²) in [5, 5.41) is 9.29. The lowest BCUT2D eigenvalue weighted by molar-refractivity contribution is -0.129. The maximum atomic E-state index is 12.1. The molecule has 6 heteroatoms. The summed E-state index contributed by atoms with van der Waals surface area (Å²) >= 11 is 5.87. The Morgan fingerprint density at radius 1 is 1.58 bits per heavy atom. The first-order chi connectivity index (χ1) is 9.04. The number of nitrogens with zero attached hydrogens (tertiary/aromatic N) is 4. The number of likely N-dealkylation sites (N-methyl/N-ethyl adjacent to an activating group) is 1. The maximum Gasteiger partial charge on any atom is 0.244 e. The molecule has 0 bridgehead atoms. The molecule has 2 heterocycles. The van der Waals surface area contributed by atoms with Gasteiger partial charge < -0.3 is 9.80 Å². The SMILES string of the molecule is CN(C)C(=O)C1CCCN1c1ccc(Cl)c(C#N)n1. The van der Waals surface area contributed by atoms with Gasteiger partial charge in [-0.15, -0.1) is 0 Å². The molecule has 0 aromatic carbocycles. The fourth-order valence-corrected chi connectivity index (χ4v) is 2.41. The van der Waals surface area contributed by atoms with E-state index in [4.69, 9.17) is 16.9 Å². The standard InChI is InChI=1S/C13H15ClN4O/c1-17(2)13(19)11-4-3-7-18(11)12-6-5-9(14)10(8-15)16-12/h5-6,11H,3-4,7H2,1-2H3. The van der Waals surface area contributed by atoms with E-state index in [1.807, 2.05) is 11.0 Å². The molecule has 0 saturated carbocycles. The third-order valence-electron chi connectivity index (χ3n) is 3.21. The summed E-state index contributed by atoms with van der Waals surface area (Å²) in [6, 6.07) is 5.17. The third-order valence-corrected chi connectivity index (χ3v) is 3.52. The van der Waals surface area contributed by atoms with Crippen LogP contribution in [0.15, 0.2) is 12.1 Å². The molecule has 1 atom stereocenters. The molecular weight excluding hydrogens is 264 g/mol. The van der Waals surface area contributed by atoms with Crippen molar-refractivity contribution in [2.24, 2.45) is 0 Å². The first-order valence-electron chi connectivity index (χ1n) is 6.09. The molecule has 0 N–H and O–H groups in total. The number of pyridine rings is 1. The van der Waals surface area contributed by atoms with Crippen molar-refractivity contribution < 1.29 is 4.79 Å². The number of aromatic nitrogens is 1. The Hall–Kier alpha value is -1.80. The Balaban J connectivity index is 2.30. The normalized spacial score (nSPS) is 18.2. The number of rotatable bonds is 2. The van der Waals surface area contributed by atoms with Crippen LogP contribution < -0.4 is 4.90 Å². The van der Waals surface area contributed by atoms with Crippen molar-refractivity contribution in [1.29, 1.82) is 5.26 Å². The molecule has 1 amide bonds. The fraction of sp³-hybridized carbons (Fsp3) is 0.462. The zero-order chi connectivity index (χ0) is 14.0. The van der Waals surface area contributed by atoms with Crippen molar-refractivity contribution in [1.82, 2.24) is 9.88 Å². The number of hydrogen-bond acceptors (Lipinski definition) is 4. The summed E-state index contributed by atoms with van der Waals surface area (Å²) in [4.78, 5) is 19.9. The van der Waals surface area contributed by atoms with Gasteiger partial charge in [-0.2, -0.15) is 5.26 Å². The summed E-state index contributed by atoms with van der Waals surface area (Å²) in [6.07, 6.45) is 1.75. The molecule has 1 aromatic rings. The Morgan fingerprint density at radius 3 is 2.95 bits per heavy atom. The number of halogens is 1. The molecule has 100 valence electrons. The first kappa shape index (κ1) is 13.6. The minimum atomic E-state index is -0.199. The van der Waals surface area contributed by atoms with Gasteiger partial charge in [-0.1, -0.05) is 11.6 Å². The average molecular weight is 279 g/mol. The Labute approximate surface area is 117 Å². The molecule has 1 unspecified atom stereocenters. The highest BCUT2D eigenvalue weighted by molar-refractivity contribution is 6.31. The van der Waals surface area contributed by atoms with Gasteiger partial charge in [0.1, 0.15) is 17.9 Å². The van der Waals surface area contributed by atoms with Crippen molar-refractivity contribution >= 4 is 23.3 Å². The van der Waals surface area contributed by atoms with Crippen LogP contribution in [0.4, 0.5) is 5.82 Å². The smallest absolute Gasteiger partial charge is 0.244 e. The van der Waals surface area contributed by atoms with Gasteiger partial charge in [0.05, 0.1) is 5.02 Å². The highest BCUT2D eigenvalue weighted by Gasteiger charge is 2.32. The molecule has 1 aliphatic heterocycles. The van der Waals surface area contributed by atoms with Gasteiger partial charge in [-0.25, -0.2) is 4.98 Å². The number of amides is 1. The quantitative estimate of drug-likeness (QED) is 0.825. The Morgan fingerprint density at radius 2 is 2.32 bits per heavy atom. The van der Waals surface area contributed by atoms with E-state index in [-0.39, 0.29) is 17.6 Å². The molecule has 1 fully saturated rings. The summed E-state index contributed by atoms with van der Waals surface area (Å²) in [5.74, 6) is 0.700. The van der Waals surface area contributed by atoms with Crippen LogP contribution in [0.5, 0.6) is 0 Å².